The van der Waals surface area contributed by atoms with E-state index in [0.29, 0.717) is 10.2 Å². The Labute approximate surface area is 134 Å². The lowest BCUT2D eigenvalue weighted by Crippen LogP contribution is -2.10. The summed E-state index contributed by atoms with van der Waals surface area (Å²) in [5.41, 5.74) is 6.21. The van der Waals surface area contributed by atoms with Crippen LogP contribution in [0.4, 0.5) is 23.0 Å². The molecule has 1 aromatic heterocycles. The van der Waals surface area contributed by atoms with Crippen molar-refractivity contribution in [1.82, 2.24) is 14.8 Å². The van der Waals surface area contributed by atoms with Crippen LogP contribution in [0.25, 0.3) is 5.69 Å². The molecule has 2 N–H and O–H groups in total. The van der Waals surface area contributed by atoms with E-state index in [9.17, 15) is 25.5 Å². The van der Waals surface area contributed by atoms with Crippen LogP contribution in [0.1, 0.15) is 35.7 Å². The first-order valence-electron chi connectivity index (χ1n) is 6.88. The lowest BCUT2D eigenvalue weighted by molar-refractivity contribution is -0.144. The molecule has 0 unspecified atom stereocenters. The Kier molecular flexibility index (Phi) is 3.59. The van der Waals surface area contributed by atoms with E-state index in [2.05, 4.69) is 10.1 Å². The van der Waals surface area contributed by atoms with Gasteiger partial charge in [0.15, 0.2) is 0 Å². The molecule has 1 saturated carbocycles. The Hall–Kier alpha value is -2.17. The summed E-state index contributed by atoms with van der Waals surface area (Å²) in [5, 5.41) is 3.31. The number of hydrogen-bond acceptors (Lipinski definition) is 5. The molecule has 1 aliphatic rings. The molecule has 1 heterocycles. The number of rotatable bonds is 3. The zero-order chi connectivity index (χ0) is 17.9. The van der Waals surface area contributed by atoms with Gasteiger partial charge < -0.3 is 5.73 Å². The summed E-state index contributed by atoms with van der Waals surface area (Å²) in [4.78, 5) is 2.52. The van der Waals surface area contributed by atoms with Gasteiger partial charge in [-0.1, -0.05) is 6.07 Å². The lowest BCUT2D eigenvalue weighted by Gasteiger charge is -2.13. The van der Waals surface area contributed by atoms with E-state index in [-0.39, 0.29) is 17.2 Å². The number of anilines is 1. The van der Waals surface area contributed by atoms with E-state index in [4.69, 9.17) is 5.73 Å². The van der Waals surface area contributed by atoms with Gasteiger partial charge in [-0.3, -0.25) is 0 Å². The topological polar surface area (TPSA) is 90.9 Å². The molecule has 0 amide bonds. The van der Waals surface area contributed by atoms with E-state index >= 15 is 0 Å². The average Bonchev–Trinajstić information content (AvgIpc) is 3.19. The van der Waals surface area contributed by atoms with E-state index in [1.807, 2.05) is 0 Å². The van der Waals surface area contributed by atoms with Crippen LogP contribution in [0, 0.1) is 6.92 Å². The number of hydrogen-bond donors (Lipinski definition) is 1. The predicted molar refractivity (Wildman–Crippen MR) is 75.8 cm³/mol. The summed E-state index contributed by atoms with van der Waals surface area (Å²) < 4.78 is 74.9. The molecule has 0 aliphatic heterocycles. The minimum atomic E-state index is -5.05. The smallest absolute Gasteiger partial charge is 0.368 e. The summed E-state index contributed by atoms with van der Waals surface area (Å²) in [6.45, 7) is 1.41. The van der Waals surface area contributed by atoms with Crippen molar-refractivity contribution in [2.75, 3.05) is 5.73 Å². The molecule has 0 saturated heterocycles. The van der Waals surface area contributed by atoms with Gasteiger partial charge in [0.05, 0.1) is 5.69 Å². The van der Waals surface area contributed by atoms with Crippen molar-refractivity contribution >= 4 is 16.2 Å². The Morgan fingerprint density at radius 3 is 2.38 bits per heavy atom. The van der Waals surface area contributed by atoms with Gasteiger partial charge in [0.25, 0.3) is 5.82 Å². The summed E-state index contributed by atoms with van der Waals surface area (Å²) in [7, 11) is -5.05. The van der Waals surface area contributed by atoms with Gasteiger partial charge in [0.1, 0.15) is 4.90 Å². The van der Waals surface area contributed by atoms with Crippen LogP contribution >= 0.6 is 0 Å². The van der Waals surface area contributed by atoms with Crippen molar-refractivity contribution in [3.05, 3.63) is 29.1 Å². The second kappa shape index (κ2) is 5.16. The third kappa shape index (κ3) is 2.95. The van der Waals surface area contributed by atoms with Gasteiger partial charge >= 0.3 is 16.4 Å². The molecule has 0 spiro atoms. The Bertz CT molecular complexity index is 917. The number of nitrogen functional groups attached to an aromatic ring is 1. The van der Waals surface area contributed by atoms with Gasteiger partial charge in [-0.05, 0) is 42.9 Å². The molecule has 0 atom stereocenters. The zero-order valence-electron chi connectivity index (χ0n) is 12.3. The Balaban J connectivity index is 2.25. The normalized spacial score (nSPS) is 15.7. The summed E-state index contributed by atoms with van der Waals surface area (Å²) >= 11 is 0. The van der Waals surface area contributed by atoms with Crippen molar-refractivity contribution < 1.29 is 25.5 Å². The van der Waals surface area contributed by atoms with E-state index < -0.39 is 33.1 Å². The number of alkyl halides is 3. The van der Waals surface area contributed by atoms with E-state index in [0.717, 1.165) is 18.9 Å². The van der Waals surface area contributed by atoms with Crippen LogP contribution in [0.5, 0.6) is 0 Å². The number of benzene rings is 1. The van der Waals surface area contributed by atoms with Crippen molar-refractivity contribution in [2.45, 2.75) is 36.8 Å². The largest absolute Gasteiger partial charge is 0.453 e. The fourth-order valence-electron chi connectivity index (χ4n) is 2.49. The summed E-state index contributed by atoms with van der Waals surface area (Å²) in [5.74, 6) is -1.98. The first kappa shape index (κ1) is 16.7. The maximum Gasteiger partial charge on any atom is 0.453 e. The van der Waals surface area contributed by atoms with E-state index in [1.165, 1.54) is 13.0 Å². The molecule has 3 rings (SSSR count). The van der Waals surface area contributed by atoms with Gasteiger partial charge in [0, 0.05) is 0 Å². The van der Waals surface area contributed by atoms with Crippen LogP contribution in [-0.2, 0) is 16.4 Å². The van der Waals surface area contributed by atoms with Gasteiger partial charge in [0.2, 0.25) is 5.95 Å². The van der Waals surface area contributed by atoms with Crippen LogP contribution in [0.3, 0.4) is 0 Å². The SMILES string of the molecule is Cc1cc(C2CC2)c(-n2nc(C(F)(F)F)nc2N)cc1S(=O)(=O)F. The molecule has 130 valence electrons. The molecule has 1 aromatic carbocycles. The highest BCUT2D eigenvalue weighted by Gasteiger charge is 2.38. The van der Waals surface area contributed by atoms with Crippen molar-refractivity contribution in [3.8, 4) is 5.69 Å². The molecule has 1 aliphatic carbocycles. The highest BCUT2D eigenvalue weighted by molar-refractivity contribution is 7.86. The third-order valence-electron chi connectivity index (χ3n) is 3.72. The predicted octanol–water partition coefficient (Wildman–Crippen LogP) is 2.71. The number of nitrogens with zero attached hydrogens (tertiary/aromatic N) is 3. The van der Waals surface area contributed by atoms with Crippen molar-refractivity contribution in [1.29, 1.82) is 0 Å². The van der Waals surface area contributed by atoms with Crippen LogP contribution in [0.2, 0.25) is 0 Å². The summed E-state index contributed by atoms with van der Waals surface area (Å²) in [6, 6.07) is 2.39. The lowest BCUT2D eigenvalue weighted by atomic mass is 10.1. The molecule has 0 radical (unpaired) electrons. The van der Waals surface area contributed by atoms with Crippen LogP contribution in [0.15, 0.2) is 17.0 Å². The number of aromatic nitrogens is 3. The first-order chi connectivity index (χ1) is 11.0. The molecule has 2 aromatic rings. The third-order valence-corrected chi connectivity index (χ3v) is 4.68. The number of aryl methyl sites for hydroxylation is 1. The first-order valence-corrected chi connectivity index (χ1v) is 8.26. The van der Waals surface area contributed by atoms with E-state index in [1.54, 1.807) is 0 Å². The molecule has 11 heteroatoms. The fourth-order valence-corrected chi connectivity index (χ4v) is 3.18. The van der Waals surface area contributed by atoms with Gasteiger partial charge in [-0.2, -0.15) is 31.3 Å². The summed E-state index contributed by atoms with van der Waals surface area (Å²) in [6.07, 6.45) is -3.23. The average molecular weight is 364 g/mol. The number of nitrogens with two attached hydrogens (primary N) is 1. The molecule has 0 bridgehead atoms. The Morgan fingerprint density at radius 1 is 1.29 bits per heavy atom. The fraction of sp³-hybridized carbons (Fsp3) is 0.385. The maximum absolute atomic E-state index is 13.4. The Morgan fingerprint density at radius 2 is 1.92 bits per heavy atom. The zero-order valence-corrected chi connectivity index (χ0v) is 13.1. The monoisotopic (exact) mass is 364 g/mol. The maximum atomic E-state index is 13.4. The van der Waals surface area contributed by atoms with Gasteiger partial charge in [-0.15, -0.1) is 8.98 Å². The van der Waals surface area contributed by atoms with Crippen molar-refractivity contribution in [2.24, 2.45) is 0 Å². The van der Waals surface area contributed by atoms with Crippen LogP contribution in [-0.4, -0.2) is 23.2 Å². The quantitative estimate of drug-likeness (QED) is 0.668. The molecular formula is C13H12F4N4O2S. The highest BCUT2D eigenvalue weighted by Crippen LogP contribution is 2.44. The second-order valence-corrected chi connectivity index (χ2v) is 6.91. The molecular weight excluding hydrogens is 352 g/mol. The molecule has 1 fully saturated rings. The van der Waals surface area contributed by atoms with Gasteiger partial charge in [-0.25, -0.2) is 0 Å². The molecule has 6 nitrogen and oxygen atoms in total. The van der Waals surface area contributed by atoms with Crippen molar-refractivity contribution in [3.63, 3.8) is 0 Å². The van der Waals surface area contributed by atoms with Crippen LogP contribution < -0.4 is 5.73 Å². The minimum Gasteiger partial charge on any atom is -0.368 e. The number of halogens is 4. The highest BCUT2D eigenvalue weighted by atomic mass is 32.3. The molecule has 24 heavy (non-hydrogen) atoms. The standard InChI is InChI=1S/C13H12F4N4O2S/c1-6-4-8(7-2-3-7)9(5-10(6)24(17,22)23)21-12(18)19-11(20-21)13(14,15)16/h4-5,7H,2-3H2,1H3,(H2,18,19,20). The minimum absolute atomic E-state index is 0.0141. The second-order valence-electron chi connectivity index (χ2n) is 5.59.